The topological polar surface area (TPSA) is 58.2 Å². The fourth-order valence-corrected chi connectivity index (χ4v) is 1.84. The Bertz CT molecular complexity index is 456. The smallest absolute Gasteiger partial charge is 0.253 e. The zero-order chi connectivity index (χ0) is 12.4. The minimum atomic E-state index is -0.190. The number of hydrogen-bond donors (Lipinski definition) is 2. The number of carbonyl (C=O) groups excluding carboxylic acids is 2. The molecule has 1 saturated carbocycles. The summed E-state index contributed by atoms with van der Waals surface area (Å²) in [5.74, 6) is 0.383. The summed E-state index contributed by atoms with van der Waals surface area (Å²) < 4.78 is 0. The summed E-state index contributed by atoms with van der Waals surface area (Å²) in [5.41, 5.74) is 1.08. The van der Waals surface area contributed by atoms with E-state index in [0.29, 0.717) is 17.2 Å². The van der Waals surface area contributed by atoms with Gasteiger partial charge in [0.2, 0.25) is 5.91 Å². The van der Waals surface area contributed by atoms with Crippen molar-refractivity contribution in [2.45, 2.75) is 13.3 Å². The maximum atomic E-state index is 11.8. The molecule has 2 unspecified atom stereocenters. The van der Waals surface area contributed by atoms with Gasteiger partial charge in [0.15, 0.2) is 0 Å². The van der Waals surface area contributed by atoms with Gasteiger partial charge in [0.1, 0.15) is 0 Å². The lowest BCUT2D eigenvalue weighted by atomic mass is 10.1. The Morgan fingerprint density at radius 3 is 2.53 bits per heavy atom. The number of rotatable bonds is 3. The van der Waals surface area contributed by atoms with Crippen LogP contribution in [0, 0.1) is 11.8 Å². The van der Waals surface area contributed by atoms with Gasteiger partial charge in [-0.3, -0.25) is 9.59 Å². The number of amides is 2. The summed E-state index contributed by atoms with van der Waals surface area (Å²) in [6.45, 7) is 2.05. The predicted octanol–water partition coefficient (Wildman–Crippen LogP) is 1.64. The third-order valence-electron chi connectivity index (χ3n) is 3.10. The molecule has 0 bridgehead atoms. The Labute approximate surface area is 100 Å². The molecule has 1 aromatic rings. The molecule has 0 aromatic heterocycles. The Balaban J connectivity index is 2.15. The molecule has 4 nitrogen and oxygen atoms in total. The van der Waals surface area contributed by atoms with E-state index in [4.69, 9.17) is 0 Å². The van der Waals surface area contributed by atoms with E-state index in [0.717, 1.165) is 6.42 Å². The van der Waals surface area contributed by atoms with E-state index in [1.807, 2.05) is 0 Å². The highest BCUT2D eigenvalue weighted by molar-refractivity contribution is 6.04. The van der Waals surface area contributed by atoms with Gasteiger partial charge < -0.3 is 10.6 Å². The average molecular weight is 232 g/mol. The standard InChI is InChI=1S/C13H16N2O2/c1-8-7-10(8)13(17)15-11-6-4-3-5-9(11)12(16)14-2/h3-6,8,10H,7H2,1-2H3,(H,14,16)(H,15,17). The van der Waals surface area contributed by atoms with Crippen molar-refractivity contribution in [2.24, 2.45) is 11.8 Å². The predicted molar refractivity (Wildman–Crippen MR) is 65.7 cm³/mol. The number of benzene rings is 1. The molecule has 0 heterocycles. The van der Waals surface area contributed by atoms with Crippen LogP contribution in [0.4, 0.5) is 5.69 Å². The van der Waals surface area contributed by atoms with E-state index in [1.165, 1.54) is 0 Å². The first-order valence-corrected chi connectivity index (χ1v) is 5.75. The third-order valence-corrected chi connectivity index (χ3v) is 3.10. The molecule has 1 aliphatic rings. The van der Waals surface area contributed by atoms with Crippen molar-refractivity contribution < 1.29 is 9.59 Å². The molecule has 1 fully saturated rings. The first-order valence-electron chi connectivity index (χ1n) is 5.75. The van der Waals surface area contributed by atoms with Crippen LogP contribution in [0.1, 0.15) is 23.7 Å². The summed E-state index contributed by atoms with van der Waals surface area (Å²) in [5, 5.41) is 5.38. The van der Waals surface area contributed by atoms with E-state index in [1.54, 1.807) is 31.3 Å². The van der Waals surface area contributed by atoms with Crippen molar-refractivity contribution in [1.82, 2.24) is 5.32 Å². The Hall–Kier alpha value is -1.84. The van der Waals surface area contributed by atoms with Crippen LogP contribution >= 0.6 is 0 Å². The second kappa shape index (κ2) is 4.57. The number of carbonyl (C=O) groups is 2. The lowest BCUT2D eigenvalue weighted by molar-refractivity contribution is -0.117. The molecule has 90 valence electrons. The van der Waals surface area contributed by atoms with E-state index in [9.17, 15) is 9.59 Å². The molecule has 1 aromatic carbocycles. The van der Waals surface area contributed by atoms with Crippen molar-refractivity contribution in [3.05, 3.63) is 29.8 Å². The fourth-order valence-electron chi connectivity index (χ4n) is 1.84. The average Bonchev–Trinajstić information content (AvgIpc) is 3.06. The third kappa shape index (κ3) is 2.46. The number of nitrogens with one attached hydrogen (secondary N) is 2. The minimum absolute atomic E-state index is 0.00820. The Morgan fingerprint density at radius 2 is 1.94 bits per heavy atom. The molecule has 0 radical (unpaired) electrons. The van der Waals surface area contributed by atoms with Gasteiger partial charge >= 0.3 is 0 Å². The number of anilines is 1. The lowest BCUT2D eigenvalue weighted by Gasteiger charge is -2.09. The molecular formula is C13H16N2O2. The lowest BCUT2D eigenvalue weighted by Crippen LogP contribution is -2.22. The largest absolute Gasteiger partial charge is 0.355 e. The van der Waals surface area contributed by atoms with Crippen LogP contribution in [-0.4, -0.2) is 18.9 Å². The monoisotopic (exact) mass is 232 g/mol. The van der Waals surface area contributed by atoms with Crippen molar-refractivity contribution in [1.29, 1.82) is 0 Å². The van der Waals surface area contributed by atoms with Crippen molar-refractivity contribution >= 4 is 17.5 Å². The summed E-state index contributed by atoms with van der Waals surface area (Å²) in [7, 11) is 1.57. The van der Waals surface area contributed by atoms with Gasteiger partial charge in [0.25, 0.3) is 5.91 Å². The second-order valence-corrected chi connectivity index (χ2v) is 4.43. The van der Waals surface area contributed by atoms with E-state index in [-0.39, 0.29) is 17.7 Å². The van der Waals surface area contributed by atoms with Gasteiger partial charge in [-0.05, 0) is 24.5 Å². The SMILES string of the molecule is CNC(=O)c1ccccc1NC(=O)C1CC1C. The normalized spacial score (nSPS) is 21.8. The van der Waals surface area contributed by atoms with Gasteiger partial charge in [-0.25, -0.2) is 0 Å². The molecular weight excluding hydrogens is 216 g/mol. The van der Waals surface area contributed by atoms with Crippen LogP contribution in [0.3, 0.4) is 0 Å². The van der Waals surface area contributed by atoms with Crippen LogP contribution in [0.25, 0.3) is 0 Å². The maximum absolute atomic E-state index is 11.8. The van der Waals surface area contributed by atoms with Gasteiger partial charge in [-0.1, -0.05) is 19.1 Å². The van der Waals surface area contributed by atoms with Gasteiger partial charge in [0, 0.05) is 13.0 Å². The summed E-state index contributed by atoms with van der Waals surface area (Å²) in [6, 6.07) is 7.03. The number of para-hydroxylation sites is 1. The summed E-state index contributed by atoms with van der Waals surface area (Å²) in [4.78, 5) is 23.4. The quantitative estimate of drug-likeness (QED) is 0.832. The Kier molecular flexibility index (Phi) is 3.13. The molecule has 17 heavy (non-hydrogen) atoms. The Morgan fingerprint density at radius 1 is 1.29 bits per heavy atom. The number of hydrogen-bond acceptors (Lipinski definition) is 2. The molecule has 4 heteroatoms. The molecule has 0 aliphatic heterocycles. The van der Waals surface area contributed by atoms with Crippen LogP contribution in [0.15, 0.2) is 24.3 Å². The van der Waals surface area contributed by atoms with E-state index in [2.05, 4.69) is 17.6 Å². The summed E-state index contributed by atoms with van der Waals surface area (Å²) in [6.07, 6.45) is 0.938. The van der Waals surface area contributed by atoms with Crippen molar-refractivity contribution in [2.75, 3.05) is 12.4 Å². The first kappa shape index (κ1) is 11.6. The highest BCUT2D eigenvalue weighted by Gasteiger charge is 2.39. The van der Waals surface area contributed by atoms with Crippen molar-refractivity contribution in [3.63, 3.8) is 0 Å². The molecule has 0 saturated heterocycles. The van der Waals surface area contributed by atoms with Gasteiger partial charge in [0.05, 0.1) is 11.3 Å². The van der Waals surface area contributed by atoms with Crippen LogP contribution in [-0.2, 0) is 4.79 Å². The highest BCUT2D eigenvalue weighted by Crippen LogP contribution is 2.38. The van der Waals surface area contributed by atoms with E-state index < -0.39 is 0 Å². The van der Waals surface area contributed by atoms with Crippen LogP contribution in [0.5, 0.6) is 0 Å². The molecule has 2 atom stereocenters. The van der Waals surface area contributed by atoms with Gasteiger partial charge in [-0.15, -0.1) is 0 Å². The zero-order valence-corrected chi connectivity index (χ0v) is 9.99. The zero-order valence-electron chi connectivity index (χ0n) is 9.99. The van der Waals surface area contributed by atoms with Gasteiger partial charge in [-0.2, -0.15) is 0 Å². The molecule has 2 amide bonds. The molecule has 2 rings (SSSR count). The fraction of sp³-hybridized carbons (Fsp3) is 0.385. The molecule has 0 spiro atoms. The molecule has 2 N–H and O–H groups in total. The second-order valence-electron chi connectivity index (χ2n) is 4.43. The maximum Gasteiger partial charge on any atom is 0.253 e. The summed E-state index contributed by atoms with van der Waals surface area (Å²) >= 11 is 0. The van der Waals surface area contributed by atoms with Crippen molar-refractivity contribution in [3.8, 4) is 0 Å². The highest BCUT2D eigenvalue weighted by atomic mass is 16.2. The molecule has 1 aliphatic carbocycles. The first-order chi connectivity index (χ1) is 8.13. The van der Waals surface area contributed by atoms with E-state index >= 15 is 0 Å². The van der Waals surface area contributed by atoms with Crippen LogP contribution < -0.4 is 10.6 Å². The minimum Gasteiger partial charge on any atom is -0.355 e. The van der Waals surface area contributed by atoms with Crippen LogP contribution in [0.2, 0.25) is 0 Å².